The average Bonchev–Trinajstić information content (AvgIpc) is 1.94. The van der Waals surface area contributed by atoms with Gasteiger partial charge in [0.1, 0.15) is 0 Å². The van der Waals surface area contributed by atoms with Crippen LogP contribution in [0.2, 0.25) is 10.0 Å². The number of benzene rings is 1. The second kappa shape index (κ2) is 3.41. The van der Waals surface area contributed by atoms with E-state index in [1.54, 1.807) is 12.1 Å². The maximum atomic E-state index is 8.74. The summed E-state index contributed by atoms with van der Waals surface area (Å²) in [5.41, 5.74) is 0.221. The van der Waals surface area contributed by atoms with Crippen molar-refractivity contribution in [2.45, 2.75) is 6.29 Å². The van der Waals surface area contributed by atoms with Crippen molar-refractivity contribution in [3.8, 4) is 0 Å². The van der Waals surface area contributed by atoms with Gasteiger partial charge in [-0.1, -0.05) is 35.3 Å². The van der Waals surface area contributed by atoms with E-state index in [9.17, 15) is 0 Å². The lowest BCUT2D eigenvalue weighted by Crippen LogP contribution is -1.95. The lowest BCUT2D eigenvalue weighted by Gasteiger charge is -2.06. The first-order chi connectivity index (χ1) is 5.13. The normalized spacial score (nSPS) is 10.6. The van der Waals surface area contributed by atoms with E-state index in [0.29, 0.717) is 5.02 Å². The van der Waals surface area contributed by atoms with Gasteiger partial charge in [-0.2, -0.15) is 0 Å². The fraction of sp³-hybridized carbons (Fsp3) is 0.143. The summed E-state index contributed by atoms with van der Waals surface area (Å²) >= 11 is 11.2. The molecule has 0 radical (unpaired) electrons. The molecule has 0 saturated heterocycles. The summed E-state index contributed by atoms with van der Waals surface area (Å²) in [5.74, 6) is 0. The van der Waals surface area contributed by atoms with E-state index < -0.39 is 6.29 Å². The van der Waals surface area contributed by atoms with E-state index in [4.69, 9.17) is 33.4 Å². The number of hydrogen-bond acceptors (Lipinski definition) is 2. The Morgan fingerprint density at radius 1 is 1.18 bits per heavy atom. The van der Waals surface area contributed by atoms with Crippen molar-refractivity contribution in [1.82, 2.24) is 0 Å². The molecule has 60 valence electrons. The lowest BCUT2D eigenvalue weighted by molar-refractivity contribution is -0.0423. The molecule has 4 heteroatoms. The highest BCUT2D eigenvalue weighted by Crippen LogP contribution is 2.28. The molecular formula is C7H6Cl2O2. The minimum atomic E-state index is -1.57. The Bertz CT molecular complexity index is 261. The van der Waals surface area contributed by atoms with Gasteiger partial charge in [-0.25, -0.2) is 0 Å². The molecule has 1 rings (SSSR count). The van der Waals surface area contributed by atoms with Gasteiger partial charge in [-0.3, -0.25) is 0 Å². The summed E-state index contributed by atoms with van der Waals surface area (Å²) in [6.07, 6.45) is -1.57. The Hall–Kier alpha value is -0.280. The van der Waals surface area contributed by atoms with E-state index in [1.165, 1.54) is 6.07 Å². The van der Waals surface area contributed by atoms with Gasteiger partial charge in [0.05, 0.1) is 10.0 Å². The zero-order valence-electron chi connectivity index (χ0n) is 5.46. The fourth-order valence-corrected chi connectivity index (χ4v) is 1.13. The number of rotatable bonds is 1. The first-order valence-corrected chi connectivity index (χ1v) is 3.68. The maximum Gasteiger partial charge on any atom is 0.179 e. The van der Waals surface area contributed by atoms with Gasteiger partial charge in [0, 0.05) is 5.56 Å². The van der Waals surface area contributed by atoms with Crippen molar-refractivity contribution >= 4 is 23.2 Å². The molecule has 0 aliphatic carbocycles. The molecule has 0 aliphatic rings. The molecule has 0 saturated carbocycles. The van der Waals surface area contributed by atoms with E-state index >= 15 is 0 Å². The zero-order chi connectivity index (χ0) is 8.43. The third-order valence-electron chi connectivity index (χ3n) is 1.26. The Balaban J connectivity index is 3.17. The van der Waals surface area contributed by atoms with Crippen LogP contribution in [0.4, 0.5) is 0 Å². The average molecular weight is 193 g/mol. The second-order valence-corrected chi connectivity index (χ2v) is 2.80. The highest BCUT2D eigenvalue weighted by Gasteiger charge is 2.09. The van der Waals surface area contributed by atoms with E-state index in [0.717, 1.165) is 0 Å². The number of aliphatic hydroxyl groups excluding tert-OH is 1. The third kappa shape index (κ3) is 1.84. The van der Waals surface area contributed by atoms with Crippen LogP contribution >= 0.6 is 23.2 Å². The molecule has 0 aliphatic heterocycles. The van der Waals surface area contributed by atoms with Crippen LogP contribution in [0.3, 0.4) is 0 Å². The summed E-state index contributed by atoms with van der Waals surface area (Å²) in [7, 11) is 0. The monoisotopic (exact) mass is 192 g/mol. The molecule has 2 nitrogen and oxygen atoms in total. The summed E-state index contributed by atoms with van der Waals surface area (Å²) in [4.78, 5) is 0. The second-order valence-electron chi connectivity index (χ2n) is 2.02. The fourth-order valence-electron chi connectivity index (χ4n) is 0.720. The van der Waals surface area contributed by atoms with Gasteiger partial charge in [-0.05, 0) is 6.07 Å². The Kier molecular flexibility index (Phi) is 2.73. The van der Waals surface area contributed by atoms with Crippen LogP contribution in [-0.4, -0.2) is 10.2 Å². The van der Waals surface area contributed by atoms with Crippen molar-refractivity contribution in [1.29, 1.82) is 0 Å². The first-order valence-electron chi connectivity index (χ1n) is 2.93. The predicted octanol–water partition coefficient (Wildman–Crippen LogP) is 1.98. The number of halogens is 2. The molecule has 0 amide bonds. The molecule has 1 aromatic rings. The molecule has 11 heavy (non-hydrogen) atoms. The SMILES string of the molecule is OC(O)c1cccc(Cl)c1Cl. The summed E-state index contributed by atoms with van der Waals surface area (Å²) < 4.78 is 0. The van der Waals surface area contributed by atoms with E-state index in [2.05, 4.69) is 0 Å². The van der Waals surface area contributed by atoms with Crippen molar-refractivity contribution < 1.29 is 10.2 Å². The van der Waals surface area contributed by atoms with Crippen LogP contribution in [0, 0.1) is 0 Å². The van der Waals surface area contributed by atoms with Gasteiger partial charge in [0.2, 0.25) is 0 Å². The highest BCUT2D eigenvalue weighted by molar-refractivity contribution is 6.42. The van der Waals surface area contributed by atoms with Gasteiger partial charge in [0.25, 0.3) is 0 Å². The Labute approximate surface area is 74.0 Å². The Morgan fingerprint density at radius 2 is 1.82 bits per heavy atom. The molecule has 0 heterocycles. The number of aliphatic hydroxyl groups is 2. The van der Waals surface area contributed by atoms with Crippen LogP contribution in [0.15, 0.2) is 18.2 Å². The van der Waals surface area contributed by atoms with Crippen molar-refractivity contribution in [2.24, 2.45) is 0 Å². The van der Waals surface area contributed by atoms with E-state index in [-0.39, 0.29) is 10.6 Å². The van der Waals surface area contributed by atoms with Crippen LogP contribution in [0.25, 0.3) is 0 Å². The number of hydrogen-bond donors (Lipinski definition) is 2. The molecule has 0 fully saturated rings. The molecule has 2 N–H and O–H groups in total. The minimum absolute atomic E-state index is 0.184. The van der Waals surface area contributed by atoms with Crippen LogP contribution in [-0.2, 0) is 0 Å². The predicted molar refractivity (Wildman–Crippen MR) is 43.6 cm³/mol. The first kappa shape index (κ1) is 8.81. The molecule has 0 aromatic heterocycles. The maximum absolute atomic E-state index is 8.74. The highest BCUT2D eigenvalue weighted by atomic mass is 35.5. The van der Waals surface area contributed by atoms with Gasteiger partial charge in [0.15, 0.2) is 6.29 Å². The smallest absolute Gasteiger partial charge is 0.179 e. The standard InChI is InChI=1S/C7H6Cl2O2/c8-5-3-1-2-4(6(5)9)7(10)11/h1-3,7,10-11H. The summed E-state index contributed by atoms with van der Waals surface area (Å²) in [6.45, 7) is 0. The van der Waals surface area contributed by atoms with Crippen molar-refractivity contribution in [3.05, 3.63) is 33.8 Å². The van der Waals surface area contributed by atoms with Crippen LogP contribution in [0.1, 0.15) is 11.9 Å². The zero-order valence-corrected chi connectivity index (χ0v) is 6.97. The largest absolute Gasteiger partial charge is 0.364 e. The van der Waals surface area contributed by atoms with Crippen LogP contribution < -0.4 is 0 Å². The van der Waals surface area contributed by atoms with E-state index in [1.807, 2.05) is 0 Å². The minimum Gasteiger partial charge on any atom is -0.364 e. The Morgan fingerprint density at radius 3 is 2.27 bits per heavy atom. The molecule has 1 aromatic carbocycles. The van der Waals surface area contributed by atoms with Gasteiger partial charge >= 0.3 is 0 Å². The van der Waals surface area contributed by atoms with Gasteiger partial charge < -0.3 is 10.2 Å². The van der Waals surface area contributed by atoms with Gasteiger partial charge in [-0.15, -0.1) is 0 Å². The molecule has 0 unspecified atom stereocenters. The molecular weight excluding hydrogens is 187 g/mol. The molecule has 0 bridgehead atoms. The molecule has 0 atom stereocenters. The molecule has 0 spiro atoms. The summed E-state index contributed by atoms with van der Waals surface area (Å²) in [5, 5.41) is 18.0. The van der Waals surface area contributed by atoms with Crippen molar-refractivity contribution in [2.75, 3.05) is 0 Å². The van der Waals surface area contributed by atoms with Crippen LogP contribution in [0.5, 0.6) is 0 Å². The quantitative estimate of drug-likeness (QED) is 0.669. The lowest BCUT2D eigenvalue weighted by atomic mass is 10.2. The van der Waals surface area contributed by atoms with Crippen molar-refractivity contribution in [3.63, 3.8) is 0 Å². The topological polar surface area (TPSA) is 40.5 Å². The third-order valence-corrected chi connectivity index (χ3v) is 2.09. The summed E-state index contributed by atoms with van der Waals surface area (Å²) in [6, 6.07) is 4.68.